The van der Waals surface area contributed by atoms with Gasteiger partial charge in [-0.3, -0.25) is 4.79 Å². The number of carbonyl (C=O) groups excluding carboxylic acids is 2. The van der Waals surface area contributed by atoms with Crippen LogP contribution < -0.4 is 14.8 Å². The van der Waals surface area contributed by atoms with E-state index in [4.69, 9.17) is 14.2 Å². The van der Waals surface area contributed by atoms with Gasteiger partial charge < -0.3 is 24.1 Å². The molecule has 0 bridgehead atoms. The van der Waals surface area contributed by atoms with Crippen LogP contribution in [0.1, 0.15) is 41.7 Å². The summed E-state index contributed by atoms with van der Waals surface area (Å²) >= 11 is 2.54. The normalized spacial score (nSPS) is 11.6. The highest BCUT2D eigenvalue weighted by molar-refractivity contribution is 7.99. The molecule has 1 atom stereocenters. The molecule has 11 heteroatoms. The second-order valence-electron chi connectivity index (χ2n) is 8.57. The Balaban J connectivity index is 1.45. The number of hydrogen-bond donors (Lipinski definition) is 1. The van der Waals surface area contributed by atoms with Crippen molar-refractivity contribution >= 4 is 40.0 Å². The second-order valence-corrected chi connectivity index (χ2v) is 10.4. The molecule has 204 valence electrons. The highest BCUT2D eigenvalue weighted by Crippen LogP contribution is 2.37. The third-order valence-corrected chi connectivity index (χ3v) is 7.76. The lowest BCUT2D eigenvalue weighted by Crippen LogP contribution is -2.17. The predicted molar refractivity (Wildman–Crippen MR) is 153 cm³/mol. The first-order valence-corrected chi connectivity index (χ1v) is 14.1. The lowest BCUT2D eigenvalue weighted by atomic mass is 10.0. The van der Waals surface area contributed by atoms with Gasteiger partial charge in [-0.1, -0.05) is 36.0 Å². The van der Waals surface area contributed by atoms with Gasteiger partial charge in [0.15, 0.2) is 17.1 Å². The molecule has 1 N–H and O–H groups in total. The Kier molecular flexibility index (Phi) is 9.26. The van der Waals surface area contributed by atoms with Gasteiger partial charge in [0.1, 0.15) is 22.1 Å². The third kappa shape index (κ3) is 6.61. The highest BCUT2D eigenvalue weighted by Gasteiger charge is 2.24. The van der Waals surface area contributed by atoms with E-state index in [9.17, 15) is 9.59 Å². The van der Waals surface area contributed by atoms with Crippen molar-refractivity contribution in [3.8, 4) is 22.6 Å². The number of esters is 1. The van der Waals surface area contributed by atoms with Gasteiger partial charge in [-0.15, -0.1) is 21.5 Å². The standard InChI is InChI=1S/C28H30N4O5S2/c1-6-32-25(18(3)37-21-9-7-8-17(2)14-21)30-31-28(32)39-16-23(33)29-26-24(27(34)36-5)22(15-38-26)19-10-12-20(35-4)13-11-19/h7-15,18H,6,16H2,1-5H3,(H,29,33). The van der Waals surface area contributed by atoms with E-state index in [1.54, 1.807) is 7.11 Å². The van der Waals surface area contributed by atoms with Crippen LogP contribution in [-0.2, 0) is 16.1 Å². The van der Waals surface area contributed by atoms with Crippen LogP contribution in [0.15, 0.2) is 59.1 Å². The minimum Gasteiger partial charge on any atom is -0.497 e. The molecular weight excluding hydrogens is 536 g/mol. The number of anilines is 1. The van der Waals surface area contributed by atoms with Crippen LogP contribution in [0.25, 0.3) is 11.1 Å². The topological polar surface area (TPSA) is 105 Å². The molecule has 1 amide bonds. The second kappa shape index (κ2) is 12.8. The fourth-order valence-corrected chi connectivity index (χ4v) is 5.76. The number of aryl methyl sites for hydroxylation is 1. The van der Waals surface area contributed by atoms with Gasteiger partial charge in [-0.2, -0.15) is 0 Å². The van der Waals surface area contributed by atoms with Crippen molar-refractivity contribution in [2.75, 3.05) is 25.3 Å². The van der Waals surface area contributed by atoms with Gasteiger partial charge in [-0.25, -0.2) is 4.79 Å². The smallest absolute Gasteiger partial charge is 0.341 e. The molecule has 0 aliphatic rings. The average Bonchev–Trinajstić information content (AvgIpc) is 3.55. The highest BCUT2D eigenvalue weighted by atomic mass is 32.2. The third-order valence-electron chi connectivity index (χ3n) is 5.89. The van der Waals surface area contributed by atoms with Crippen molar-refractivity contribution in [2.45, 2.75) is 38.6 Å². The van der Waals surface area contributed by atoms with E-state index in [2.05, 4.69) is 15.5 Å². The molecule has 0 saturated carbocycles. The largest absolute Gasteiger partial charge is 0.497 e. The van der Waals surface area contributed by atoms with Crippen LogP contribution in [0.5, 0.6) is 11.5 Å². The van der Waals surface area contributed by atoms with E-state index in [1.165, 1.54) is 30.2 Å². The first-order chi connectivity index (χ1) is 18.8. The number of amides is 1. The zero-order valence-corrected chi connectivity index (χ0v) is 24.0. The molecule has 2 heterocycles. The van der Waals surface area contributed by atoms with E-state index >= 15 is 0 Å². The van der Waals surface area contributed by atoms with E-state index in [0.717, 1.165) is 16.9 Å². The van der Waals surface area contributed by atoms with Gasteiger partial charge in [0.05, 0.1) is 20.0 Å². The summed E-state index contributed by atoms with van der Waals surface area (Å²) in [4.78, 5) is 25.6. The number of nitrogens with one attached hydrogen (secondary N) is 1. The van der Waals surface area contributed by atoms with Gasteiger partial charge in [-0.05, 0) is 56.2 Å². The summed E-state index contributed by atoms with van der Waals surface area (Å²) in [6.45, 7) is 6.54. The Labute approximate surface area is 235 Å². The Morgan fingerprint density at radius 2 is 1.87 bits per heavy atom. The maximum absolute atomic E-state index is 12.9. The number of rotatable bonds is 11. The molecule has 0 aliphatic heterocycles. The van der Waals surface area contributed by atoms with E-state index in [-0.39, 0.29) is 17.8 Å². The average molecular weight is 567 g/mol. The molecule has 2 aromatic carbocycles. The number of thioether (sulfide) groups is 1. The van der Waals surface area contributed by atoms with E-state index in [1.807, 2.05) is 79.2 Å². The van der Waals surface area contributed by atoms with E-state index in [0.29, 0.717) is 39.4 Å². The Hall–Kier alpha value is -3.83. The number of aromatic nitrogens is 3. The predicted octanol–water partition coefficient (Wildman–Crippen LogP) is 6.00. The summed E-state index contributed by atoms with van der Waals surface area (Å²) < 4.78 is 18.2. The van der Waals surface area contributed by atoms with Crippen LogP contribution in [0.2, 0.25) is 0 Å². The van der Waals surface area contributed by atoms with Crippen molar-refractivity contribution in [3.63, 3.8) is 0 Å². The number of ether oxygens (including phenoxy) is 3. The van der Waals surface area contributed by atoms with Crippen molar-refractivity contribution in [3.05, 3.63) is 70.9 Å². The number of carbonyl (C=O) groups is 2. The van der Waals surface area contributed by atoms with Gasteiger partial charge in [0, 0.05) is 17.5 Å². The number of hydrogen-bond acceptors (Lipinski definition) is 9. The molecule has 0 saturated heterocycles. The first kappa shape index (κ1) is 28.2. The minimum absolute atomic E-state index is 0.0850. The van der Waals surface area contributed by atoms with Crippen LogP contribution in [-0.4, -0.2) is 46.6 Å². The Morgan fingerprint density at radius 1 is 1.10 bits per heavy atom. The Morgan fingerprint density at radius 3 is 2.54 bits per heavy atom. The summed E-state index contributed by atoms with van der Waals surface area (Å²) in [6.07, 6.45) is -0.326. The van der Waals surface area contributed by atoms with Crippen LogP contribution in [0, 0.1) is 6.92 Å². The molecule has 0 aliphatic carbocycles. The fraction of sp³-hybridized carbons (Fsp3) is 0.286. The number of thiophene rings is 1. The quantitative estimate of drug-likeness (QED) is 0.174. The summed E-state index contributed by atoms with van der Waals surface area (Å²) in [5.74, 6) is 1.43. The lowest BCUT2D eigenvalue weighted by Gasteiger charge is -2.16. The van der Waals surface area contributed by atoms with Crippen LogP contribution >= 0.6 is 23.1 Å². The summed E-state index contributed by atoms with van der Waals surface area (Å²) in [5.41, 5.74) is 2.91. The molecule has 4 aromatic rings. The zero-order valence-electron chi connectivity index (χ0n) is 22.4. The SMILES string of the molecule is CCn1c(SCC(=O)Nc2scc(-c3ccc(OC)cc3)c2C(=O)OC)nnc1C(C)Oc1cccc(C)c1. The van der Waals surface area contributed by atoms with Gasteiger partial charge in [0.2, 0.25) is 5.91 Å². The molecule has 39 heavy (non-hydrogen) atoms. The van der Waals surface area contributed by atoms with E-state index < -0.39 is 5.97 Å². The van der Waals surface area contributed by atoms with Gasteiger partial charge >= 0.3 is 5.97 Å². The monoisotopic (exact) mass is 566 g/mol. The van der Waals surface area contributed by atoms with Gasteiger partial charge in [0.25, 0.3) is 0 Å². The maximum Gasteiger partial charge on any atom is 0.341 e. The fourth-order valence-electron chi connectivity index (χ4n) is 3.98. The molecule has 2 aromatic heterocycles. The first-order valence-electron chi connectivity index (χ1n) is 12.3. The van der Waals surface area contributed by atoms with Crippen molar-refractivity contribution in [2.24, 2.45) is 0 Å². The molecule has 0 fully saturated rings. The number of methoxy groups -OCH3 is 2. The summed E-state index contributed by atoms with van der Waals surface area (Å²) in [5, 5.41) is 14.4. The maximum atomic E-state index is 12.9. The van der Waals surface area contributed by atoms with Crippen LogP contribution in [0.4, 0.5) is 5.00 Å². The molecular formula is C28H30N4O5S2. The van der Waals surface area contributed by atoms with Crippen LogP contribution in [0.3, 0.4) is 0 Å². The van der Waals surface area contributed by atoms with Crippen molar-refractivity contribution in [1.82, 2.24) is 14.8 Å². The molecule has 4 rings (SSSR count). The summed E-state index contributed by atoms with van der Waals surface area (Å²) in [7, 11) is 2.91. The Bertz CT molecular complexity index is 1450. The molecule has 9 nitrogen and oxygen atoms in total. The molecule has 0 spiro atoms. The molecule has 1 unspecified atom stereocenters. The van der Waals surface area contributed by atoms with Crippen molar-refractivity contribution in [1.29, 1.82) is 0 Å². The number of benzene rings is 2. The zero-order chi connectivity index (χ0) is 27.9. The number of nitrogens with zero attached hydrogens (tertiary/aromatic N) is 3. The lowest BCUT2D eigenvalue weighted by molar-refractivity contribution is -0.113. The minimum atomic E-state index is -0.525. The molecule has 0 radical (unpaired) electrons. The van der Waals surface area contributed by atoms with Crippen molar-refractivity contribution < 1.29 is 23.8 Å². The summed E-state index contributed by atoms with van der Waals surface area (Å²) in [6, 6.07) is 15.2.